The third-order valence-corrected chi connectivity index (χ3v) is 4.62. The summed E-state index contributed by atoms with van der Waals surface area (Å²) >= 11 is 0. The Morgan fingerprint density at radius 1 is 1.24 bits per heavy atom. The minimum Gasteiger partial charge on any atom is -0.312 e. The summed E-state index contributed by atoms with van der Waals surface area (Å²) in [6.45, 7) is 3.64. The zero-order chi connectivity index (χ0) is 14.7. The molecule has 2 saturated carbocycles. The van der Waals surface area contributed by atoms with Crippen molar-refractivity contribution in [2.75, 3.05) is 26.7 Å². The fourth-order valence-electron chi connectivity index (χ4n) is 2.93. The Bertz CT molecular complexity index is 426. The van der Waals surface area contributed by atoms with Gasteiger partial charge in [0.2, 0.25) is 0 Å². The van der Waals surface area contributed by atoms with E-state index in [1.165, 1.54) is 51.0 Å². The SMILES string of the molecule is CNC(CCN(CC1CC1)CC1CC1)c1ccc(F)cn1. The Kier molecular flexibility index (Phi) is 4.86. The lowest BCUT2D eigenvalue weighted by Gasteiger charge is -2.25. The van der Waals surface area contributed by atoms with Crippen LogP contribution in [0, 0.1) is 17.7 Å². The van der Waals surface area contributed by atoms with Crippen LogP contribution in [0.15, 0.2) is 18.3 Å². The monoisotopic (exact) mass is 291 g/mol. The molecule has 1 aromatic rings. The molecule has 0 radical (unpaired) electrons. The normalized spacial score (nSPS) is 20.0. The maximum absolute atomic E-state index is 13.0. The fourth-order valence-corrected chi connectivity index (χ4v) is 2.93. The molecule has 1 aromatic heterocycles. The van der Waals surface area contributed by atoms with Gasteiger partial charge in [0.15, 0.2) is 0 Å². The lowest BCUT2D eigenvalue weighted by atomic mass is 10.1. The van der Waals surface area contributed by atoms with Gasteiger partial charge in [-0.15, -0.1) is 0 Å². The Balaban J connectivity index is 1.52. The first-order chi connectivity index (χ1) is 10.2. The summed E-state index contributed by atoms with van der Waals surface area (Å²) in [5, 5.41) is 3.32. The van der Waals surface area contributed by atoms with E-state index in [1.807, 2.05) is 7.05 Å². The van der Waals surface area contributed by atoms with Gasteiger partial charge < -0.3 is 10.2 Å². The molecular weight excluding hydrogens is 265 g/mol. The number of aromatic nitrogens is 1. The molecule has 4 heteroatoms. The highest BCUT2D eigenvalue weighted by Crippen LogP contribution is 2.34. The number of halogens is 1. The first-order valence-corrected chi connectivity index (χ1v) is 8.25. The third-order valence-electron chi connectivity index (χ3n) is 4.62. The minimum absolute atomic E-state index is 0.214. The highest BCUT2D eigenvalue weighted by atomic mass is 19.1. The van der Waals surface area contributed by atoms with Crippen LogP contribution in [0.3, 0.4) is 0 Å². The summed E-state index contributed by atoms with van der Waals surface area (Å²) in [5.74, 6) is 1.62. The number of rotatable bonds is 9. The van der Waals surface area contributed by atoms with Gasteiger partial charge in [0, 0.05) is 19.6 Å². The Hall–Kier alpha value is -1.00. The van der Waals surface area contributed by atoms with E-state index in [0.717, 1.165) is 30.5 Å². The summed E-state index contributed by atoms with van der Waals surface area (Å²) in [4.78, 5) is 6.86. The van der Waals surface area contributed by atoms with Crippen molar-refractivity contribution in [1.29, 1.82) is 0 Å². The van der Waals surface area contributed by atoms with Crippen molar-refractivity contribution in [3.8, 4) is 0 Å². The molecule has 0 amide bonds. The Morgan fingerprint density at radius 2 is 1.90 bits per heavy atom. The van der Waals surface area contributed by atoms with Crippen molar-refractivity contribution in [3.05, 3.63) is 29.8 Å². The quantitative estimate of drug-likeness (QED) is 0.758. The van der Waals surface area contributed by atoms with Gasteiger partial charge in [-0.25, -0.2) is 4.39 Å². The molecule has 2 aliphatic carbocycles. The molecule has 0 saturated heterocycles. The van der Waals surface area contributed by atoms with Crippen LogP contribution < -0.4 is 5.32 Å². The van der Waals surface area contributed by atoms with Gasteiger partial charge in [-0.2, -0.15) is 0 Å². The molecule has 0 bridgehead atoms. The second-order valence-electron chi connectivity index (χ2n) is 6.68. The highest BCUT2D eigenvalue weighted by Gasteiger charge is 2.29. The molecule has 1 unspecified atom stereocenters. The lowest BCUT2D eigenvalue weighted by Crippen LogP contribution is -2.32. The number of pyridine rings is 1. The maximum atomic E-state index is 13.0. The van der Waals surface area contributed by atoms with Crippen LogP contribution in [0.2, 0.25) is 0 Å². The van der Waals surface area contributed by atoms with E-state index in [1.54, 1.807) is 6.07 Å². The van der Waals surface area contributed by atoms with Crippen molar-refractivity contribution in [1.82, 2.24) is 15.2 Å². The fraction of sp³-hybridized carbons (Fsp3) is 0.706. The number of nitrogens with one attached hydrogen (secondary N) is 1. The van der Waals surface area contributed by atoms with Crippen molar-refractivity contribution in [2.45, 2.75) is 38.1 Å². The van der Waals surface area contributed by atoms with E-state index in [2.05, 4.69) is 15.2 Å². The van der Waals surface area contributed by atoms with Crippen LogP contribution in [0.5, 0.6) is 0 Å². The zero-order valence-electron chi connectivity index (χ0n) is 12.9. The van der Waals surface area contributed by atoms with Gasteiger partial charge in [0.1, 0.15) is 5.82 Å². The van der Waals surface area contributed by atoms with E-state index in [0.29, 0.717) is 0 Å². The minimum atomic E-state index is -0.266. The molecule has 21 heavy (non-hydrogen) atoms. The summed E-state index contributed by atoms with van der Waals surface area (Å²) in [6.07, 6.45) is 8.00. The van der Waals surface area contributed by atoms with Gasteiger partial charge in [-0.05, 0) is 63.1 Å². The number of nitrogens with zero attached hydrogens (tertiary/aromatic N) is 2. The zero-order valence-corrected chi connectivity index (χ0v) is 12.9. The molecule has 3 rings (SSSR count). The van der Waals surface area contributed by atoms with E-state index in [9.17, 15) is 4.39 Å². The summed E-state index contributed by atoms with van der Waals surface area (Å²) in [7, 11) is 1.96. The van der Waals surface area contributed by atoms with Crippen molar-refractivity contribution in [3.63, 3.8) is 0 Å². The van der Waals surface area contributed by atoms with E-state index < -0.39 is 0 Å². The van der Waals surface area contributed by atoms with Crippen LogP contribution in [0.1, 0.15) is 43.8 Å². The van der Waals surface area contributed by atoms with E-state index >= 15 is 0 Å². The standard InChI is InChI=1S/C17H26FN3/c1-19-16(17-7-6-15(18)10-20-17)8-9-21(11-13-2-3-13)12-14-4-5-14/h6-7,10,13-14,16,19H,2-5,8-9,11-12H2,1H3. The Labute approximate surface area is 126 Å². The molecule has 0 aliphatic heterocycles. The van der Waals surface area contributed by atoms with E-state index in [-0.39, 0.29) is 11.9 Å². The van der Waals surface area contributed by atoms with Gasteiger partial charge in [0.25, 0.3) is 0 Å². The molecule has 3 nitrogen and oxygen atoms in total. The topological polar surface area (TPSA) is 28.2 Å². The lowest BCUT2D eigenvalue weighted by molar-refractivity contribution is 0.238. The third kappa shape index (κ3) is 4.75. The first-order valence-electron chi connectivity index (χ1n) is 8.25. The van der Waals surface area contributed by atoms with Crippen molar-refractivity contribution >= 4 is 0 Å². The van der Waals surface area contributed by atoms with Crippen LogP contribution in [-0.2, 0) is 0 Å². The highest BCUT2D eigenvalue weighted by molar-refractivity contribution is 5.09. The van der Waals surface area contributed by atoms with Crippen LogP contribution in [0.4, 0.5) is 4.39 Å². The molecule has 1 heterocycles. The van der Waals surface area contributed by atoms with Crippen molar-refractivity contribution < 1.29 is 4.39 Å². The van der Waals surface area contributed by atoms with Gasteiger partial charge in [0.05, 0.1) is 17.9 Å². The maximum Gasteiger partial charge on any atom is 0.141 e. The summed E-state index contributed by atoms with van der Waals surface area (Å²) < 4.78 is 13.0. The second kappa shape index (κ2) is 6.84. The van der Waals surface area contributed by atoms with Crippen LogP contribution in [-0.4, -0.2) is 36.6 Å². The average Bonchev–Trinajstić information content (AvgIpc) is 3.37. The Morgan fingerprint density at radius 3 is 2.38 bits per heavy atom. The molecule has 1 atom stereocenters. The predicted molar refractivity (Wildman–Crippen MR) is 82.5 cm³/mol. The predicted octanol–water partition coefficient (Wildman–Crippen LogP) is 2.99. The van der Waals surface area contributed by atoms with E-state index in [4.69, 9.17) is 0 Å². The van der Waals surface area contributed by atoms with Gasteiger partial charge >= 0.3 is 0 Å². The molecule has 2 fully saturated rings. The molecular formula is C17H26FN3. The summed E-state index contributed by atoms with van der Waals surface area (Å²) in [5.41, 5.74) is 0.941. The second-order valence-corrected chi connectivity index (χ2v) is 6.68. The molecule has 116 valence electrons. The summed E-state index contributed by atoms with van der Waals surface area (Å²) in [6, 6.07) is 3.51. The molecule has 0 aromatic carbocycles. The molecule has 0 spiro atoms. The smallest absolute Gasteiger partial charge is 0.141 e. The number of hydrogen-bond donors (Lipinski definition) is 1. The van der Waals surface area contributed by atoms with Crippen molar-refractivity contribution in [2.24, 2.45) is 11.8 Å². The first kappa shape index (κ1) is 14.9. The average molecular weight is 291 g/mol. The van der Waals surface area contributed by atoms with Crippen LogP contribution in [0.25, 0.3) is 0 Å². The van der Waals surface area contributed by atoms with Gasteiger partial charge in [-0.1, -0.05) is 0 Å². The van der Waals surface area contributed by atoms with Gasteiger partial charge in [-0.3, -0.25) is 4.98 Å². The number of hydrogen-bond acceptors (Lipinski definition) is 3. The largest absolute Gasteiger partial charge is 0.312 e. The molecule has 1 N–H and O–H groups in total. The molecule has 2 aliphatic rings. The van der Waals surface area contributed by atoms with Crippen LogP contribution >= 0.6 is 0 Å².